The van der Waals surface area contributed by atoms with Crippen molar-refractivity contribution in [2.45, 2.75) is 26.2 Å². The average molecular weight is 419 g/mol. The van der Waals surface area contributed by atoms with Crippen molar-refractivity contribution in [3.63, 3.8) is 0 Å². The van der Waals surface area contributed by atoms with E-state index in [0.29, 0.717) is 0 Å². The van der Waals surface area contributed by atoms with Crippen molar-refractivity contribution < 1.29 is 9.59 Å². The molecule has 3 aliphatic rings. The lowest BCUT2D eigenvalue weighted by molar-refractivity contribution is -0.145. The van der Waals surface area contributed by atoms with Crippen LogP contribution < -0.4 is 0 Å². The second-order valence-corrected chi connectivity index (χ2v) is 9.97. The van der Waals surface area contributed by atoms with Crippen LogP contribution in [0.5, 0.6) is 0 Å². The summed E-state index contributed by atoms with van der Waals surface area (Å²) in [5, 5.41) is 0. The molecule has 0 aliphatic heterocycles. The Morgan fingerprint density at radius 3 is 1.66 bits per heavy atom. The highest BCUT2D eigenvalue weighted by Gasteiger charge is 2.87. The molecule has 2 saturated carbocycles. The molecule has 32 heavy (non-hydrogen) atoms. The number of carbonyl (C=O) groups is 2. The van der Waals surface area contributed by atoms with Crippen LogP contribution in [-0.4, -0.2) is 11.6 Å². The van der Waals surface area contributed by atoms with Crippen LogP contribution in [0.3, 0.4) is 0 Å². The fourth-order valence-corrected chi connectivity index (χ4v) is 7.56. The molecule has 6 rings (SSSR count). The maximum absolute atomic E-state index is 14.5. The smallest absolute Gasteiger partial charge is 0.152 e. The Balaban J connectivity index is 1.59. The number of benzene rings is 3. The first kappa shape index (κ1) is 19.4. The van der Waals surface area contributed by atoms with Gasteiger partial charge in [0.25, 0.3) is 0 Å². The molecule has 0 unspecified atom stereocenters. The van der Waals surface area contributed by atoms with Crippen molar-refractivity contribution in [1.29, 1.82) is 0 Å². The first-order chi connectivity index (χ1) is 15.4. The van der Waals surface area contributed by atoms with Gasteiger partial charge in [-0.25, -0.2) is 0 Å². The van der Waals surface area contributed by atoms with Gasteiger partial charge in [-0.1, -0.05) is 103 Å². The van der Waals surface area contributed by atoms with Gasteiger partial charge in [-0.3, -0.25) is 9.59 Å². The van der Waals surface area contributed by atoms with E-state index in [-0.39, 0.29) is 23.4 Å². The number of Topliss-reactive ketones (excluding diaryl/α,β-unsaturated/α-hetero) is 2. The molecule has 4 atom stereocenters. The van der Waals surface area contributed by atoms with E-state index >= 15 is 0 Å². The van der Waals surface area contributed by atoms with E-state index in [2.05, 4.69) is 36.4 Å². The molecule has 0 N–H and O–H groups in total. The zero-order valence-corrected chi connectivity index (χ0v) is 18.6. The lowest BCUT2D eigenvalue weighted by Crippen LogP contribution is -2.56. The van der Waals surface area contributed by atoms with E-state index in [1.807, 2.05) is 75.4 Å². The second-order valence-electron chi connectivity index (χ2n) is 9.97. The van der Waals surface area contributed by atoms with E-state index in [9.17, 15) is 9.59 Å². The molecule has 3 aromatic carbocycles. The van der Waals surface area contributed by atoms with E-state index in [4.69, 9.17) is 0 Å². The zero-order chi connectivity index (χ0) is 22.3. The van der Waals surface area contributed by atoms with Crippen molar-refractivity contribution in [3.05, 3.63) is 113 Å². The van der Waals surface area contributed by atoms with Gasteiger partial charge < -0.3 is 0 Å². The van der Waals surface area contributed by atoms with Crippen molar-refractivity contribution in [1.82, 2.24) is 0 Å². The first-order valence-electron chi connectivity index (χ1n) is 11.4. The number of hydrogen-bond donors (Lipinski definition) is 0. The van der Waals surface area contributed by atoms with Gasteiger partial charge in [0.1, 0.15) is 5.78 Å². The standard InChI is InChI=1S/C30H26O2/c1-19-23(20-13-7-4-8-14-20)28(2)24(19)25(31)26-29(3,27(28)32)30(26,21-15-9-5-10-16-21)22-17-11-6-12-18-22/h4-18,24,26H,1-3H3/t24-,26-,28-,29-/m0/s1. The highest BCUT2D eigenvalue weighted by atomic mass is 16.2. The second kappa shape index (κ2) is 6.16. The molecule has 0 spiro atoms. The first-order valence-corrected chi connectivity index (χ1v) is 11.4. The van der Waals surface area contributed by atoms with Crippen LogP contribution in [0.25, 0.3) is 5.57 Å². The van der Waals surface area contributed by atoms with Crippen LogP contribution in [0, 0.1) is 22.7 Å². The molecule has 2 fully saturated rings. The summed E-state index contributed by atoms with van der Waals surface area (Å²) in [7, 11) is 0. The molecule has 0 bridgehead atoms. The van der Waals surface area contributed by atoms with E-state index in [1.165, 1.54) is 0 Å². The van der Waals surface area contributed by atoms with Crippen LogP contribution in [0.4, 0.5) is 0 Å². The minimum absolute atomic E-state index is 0.205. The fourth-order valence-electron chi connectivity index (χ4n) is 7.56. The number of ketones is 2. The van der Waals surface area contributed by atoms with E-state index in [1.54, 1.807) is 0 Å². The quantitative estimate of drug-likeness (QED) is 0.533. The molecule has 0 heterocycles. The number of fused-ring (bicyclic) bond motifs is 2. The Morgan fingerprint density at radius 2 is 1.16 bits per heavy atom. The van der Waals surface area contributed by atoms with Gasteiger partial charge in [-0.15, -0.1) is 0 Å². The third kappa shape index (κ3) is 1.93. The summed E-state index contributed by atoms with van der Waals surface area (Å²) < 4.78 is 0. The third-order valence-electron chi connectivity index (χ3n) is 8.70. The normalized spacial score (nSPS) is 32.1. The molecule has 2 nitrogen and oxygen atoms in total. The molecule has 158 valence electrons. The SMILES string of the molecule is CC1=C(c2ccccc2)[C@]2(C)C(=O)[C@]3(C)[C@H](C(=O)[C@H]12)C3(c1ccccc1)c1ccccc1. The van der Waals surface area contributed by atoms with Gasteiger partial charge in [0.2, 0.25) is 0 Å². The highest BCUT2D eigenvalue weighted by Crippen LogP contribution is 2.81. The number of carbonyl (C=O) groups excluding carboxylic acids is 2. The summed E-state index contributed by atoms with van der Waals surface area (Å²) in [6, 6.07) is 30.5. The van der Waals surface area contributed by atoms with Crippen LogP contribution >= 0.6 is 0 Å². The molecule has 0 amide bonds. The lowest BCUT2D eigenvalue weighted by Gasteiger charge is -2.52. The van der Waals surface area contributed by atoms with Gasteiger partial charge in [0.15, 0.2) is 5.78 Å². The largest absolute Gasteiger partial charge is 0.299 e. The lowest BCUT2D eigenvalue weighted by atomic mass is 9.48. The van der Waals surface area contributed by atoms with Gasteiger partial charge in [-0.2, -0.15) is 0 Å². The molecule has 3 aliphatic carbocycles. The Bertz CT molecular complexity index is 1250. The van der Waals surface area contributed by atoms with Gasteiger partial charge in [0.05, 0.1) is 16.7 Å². The van der Waals surface area contributed by atoms with E-state index in [0.717, 1.165) is 27.8 Å². The van der Waals surface area contributed by atoms with Gasteiger partial charge in [-0.05, 0) is 36.1 Å². The topological polar surface area (TPSA) is 34.1 Å². The molecule has 0 radical (unpaired) electrons. The summed E-state index contributed by atoms with van der Waals surface area (Å²) in [6.07, 6.45) is 0. The highest BCUT2D eigenvalue weighted by molar-refractivity contribution is 6.21. The average Bonchev–Trinajstić information content (AvgIpc) is 3.42. The van der Waals surface area contributed by atoms with Crippen molar-refractivity contribution in [3.8, 4) is 0 Å². The fraction of sp³-hybridized carbons (Fsp3) is 0.267. The third-order valence-corrected chi connectivity index (χ3v) is 8.70. The minimum Gasteiger partial charge on any atom is -0.299 e. The van der Waals surface area contributed by atoms with Crippen LogP contribution in [0.15, 0.2) is 96.6 Å². The summed E-state index contributed by atoms with van der Waals surface area (Å²) in [4.78, 5) is 28.7. The molecule has 0 aromatic heterocycles. The van der Waals surface area contributed by atoms with E-state index < -0.39 is 16.2 Å². The van der Waals surface area contributed by atoms with Gasteiger partial charge in [0, 0.05) is 11.3 Å². The predicted molar refractivity (Wildman–Crippen MR) is 126 cm³/mol. The maximum atomic E-state index is 14.5. The monoisotopic (exact) mass is 418 g/mol. The van der Waals surface area contributed by atoms with Crippen molar-refractivity contribution >= 4 is 17.1 Å². The summed E-state index contributed by atoms with van der Waals surface area (Å²) in [5.41, 5.74) is 3.11. The van der Waals surface area contributed by atoms with Crippen LogP contribution in [-0.2, 0) is 15.0 Å². The molecule has 2 heteroatoms. The maximum Gasteiger partial charge on any atom is 0.152 e. The van der Waals surface area contributed by atoms with Crippen molar-refractivity contribution in [2.75, 3.05) is 0 Å². The number of rotatable bonds is 3. The summed E-state index contributed by atoms with van der Waals surface area (Å²) in [5.74, 6) is -0.244. The Kier molecular flexibility index (Phi) is 3.74. The molecule has 3 aromatic rings. The van der Waals surface area contributed by atoms with Crippen LogP contribution in [0.2, 0.25) is 0 Å². The van der Waals surface area contributed by atoms with Crippen molar-refractivity contribution in [2.24, 2.45) is 22.7 Å². The summed E-state index contributed by atoms with van der Waals surface area (Å²) in [6.45, 7) is 6.08. The Hall–Kier alpha value is -3.26. The molecular weight excluding hydrogens is 392 g/mol. The predicted octanol–water partition coefficient (Wildman–Crippen LogP) is 5.87. The van der Waals surface area contributed by atoms with Crippen LogP contribution in [0.1, 0.15) is 37.5 Å². The zero-order valence-electron chi connectivity index (χ0n) is 18.6. The number of allylic oxidation sites excluding steroid dienone is 2. The Morgan fingerprint density at radius 1 is 0.688 bits per heavy atom. The Labute approximate surface area is 189 Å². The number of hydrogen-bond acceptors (Lipinski definition) is 2. The summed E-state index contributed by atoms with van der Waals surface area (Å²) >= 11 is 0. The molecule has 0 saturated heterocycles. The minimum atomic E-state index is -0.779. The molecular formula is C30H26O2. The van der Waals surface area contributed by atoms with Gasteiger partial charge >= 0.3 is 0 Å².